The topological polar surface area (TPSA) is 135 Å². The molecule has 2 aliphatic heterocycles. The number of carbonyl (C=O) groups is 3. The van der Waals surface area contributed by atoms with Gasteiger partial charge in [-0.2, -0.15) is 0 Å². The number of nitrogens with one attached hydrogen (secondary N) is 1. The number of aromatic nitrogens is 1. The van der Waals surface area contributed by atoms with Crippen LogP contribution in [0.5, 0.6) is 0 Å². The minimum atomic E-state index is -1.85. The highest BCUT2D eigenvalue weighted by atomic mass is 35.5. The number of anilines is 1. The predicted molar refractivity (Wildman–Crippen MR) is 139 cm³/mol. The normalized spacial score (nSPS) is 15.9. The van der Waals surface area contributed by atoms with Crippen LogP contribution in [0.4, 0.5) is 14.9 Å². The van der Waals surface area contributed by atoms with Crippen molar-refractivity contribution in [2.24, 2.45) is 10.6 Å². The third-order valence-corrected chi connectivity index (χ3v) is 7.10. The molecule has 0 aliphatic carbocycles. The third kappa shape index (κ3) is 6.03. The lowest BCUT2D eigenvalue weighted by molar-refractivity contribution is -0.123. The zero-order valence-electron chi connectivity index (χ0n) is 21.0. The van der Waals surface area contributed by atoms with E-state index in [0.29, 0.717) is 16.4 Å². The van der Waals surface area contributed by atoms with Crippen molar-refractivity contribution in [3.05, 3.63) is 63.7 Å². The molecule has 0 bridgehead atoms. The maximum atomic E-state index is 14.4. The van der Waals surface area contributed by atoms with Crippen LogP contribution in [-0.4, -0.2) is 63.1 Å². The first-order valence-electron chi connectivity index (χ1n) is 11.7. The predicted octanol–water partition coefficient (Wildman–Crippen LogP) is 3.24. The van der Waals surface area contributed by atoms with Gasteiger partial charge in [-0.05, 0) is 35.4 Å². The van der Waals surface area contributed by atoms with Gasteiger partial charge in [0.15, 0.2) is 0 Å². The second kappa shape index (κ2) is 10.8. The van der Waals surface area contributed by atoms with Gasteiger partial charge in [0, 0.05) is 37.8 Å². The summed E-state index contributed by atoms with van der Waals surface area (Å²) in [6.45, 7) is 6.18. The van der Waals surface area contributed by atoms with Crippen LogP contribution in [0.2, 0.25) is 5.02 Å². The minimum absolute atomic E-state index is 0.0905. The summed E-state index contributed by atoms with van der Waals surface area (Å²) in [5.74, 6) is -1.53. The number of ether oxygens (including phenoxy) is 1. The van der Waals surface area contributed by atoms with E-state index in [4.69, 9.17) is 21.5 Å². The Bertz CT molecular complexity index is 1360. The van der Waals surface area contributed by atoms with Crippen molar-refractivity contribution in [3.8, 4) is 0 Å². The first-order valence-corrected chi connectivity index (χ1v) is 13.2. The molecule has 0 saturated heterocycles. The number of hydrogen-bond donors (Lipinski definition) is 2. The quantitative estimate of drug-likeness (QED) is 0.536. The Morgan fingerprint density at radius 1 is 1.13 bits per heavy atom. The molecule has 202 valence electrons. The Balaban J connectivity index is 1.33. The van der Waals surface area contributed by atoms with Crippen LogP contribution < -0.4 is 10.5 Å². The molecule has 1 atom stereocenters. The zero-order chi connectivity index (χ0) is 27.8. The summed E-state index contributed by atoms with van der Waals surface area (Å²) in [4.78, 5) is 45.3. The fourth-order valence-corrected chi connectivity index (χ4v) is 4.62. The standard InChI is InChI=1S/C25H27ClFN5O5S/c1-25(2,3)23(34)30-20-6-16(26)8-29-21(20)13-37-24(35)32-11-14-9-31(10-15(14)12-32)22(33)18-5-4-17(38(28)36)7-19(18)27/h4-8H,9-13,28H2,1-3H3,(H,30,34). The molecule has 13 heteroatoms. The van der Waals surface area contributed by atoms with Gasteiger partial charge < -0.3 is 19.9 Å². The third-order valence-electron chi connectivity index (χ3n) is 6.17. The van der Waals surface area contributed by atoms with E-state index in [1.807, 2.05) is 0 Å². The summed E-state index contributed by atoms with van der Waals surface area (Å²) in [7, 11) is -1.85. The van der Waals surface area contributed by atoms with E-state index in [2.05, 4.69) is 10.3 Å². The largest absolute Gasteiger partial charge is 0.443 e. The lowest BCUT2D eigenvalue weighted by Crippen LogP contribution is -2.37. The molecular weight excluding hydrogens is 537 g/mol. The molecule has 0 spiro atoms. The van der Waals surface area contributed by atoms with Crippen LogP contribution in [0, 0.1) is 11.2 Å². The van der Waals surface area contributed by atoms with Gasteiger partial charge in [-0.1, -0.05) is 32.4 Å². The van der Waals surface area contributed by atoms with Crippen molar-refractivity contribution in [2.45, 2.75) is 32.3 Å². The average Bonchev–Trinajstić information content (AvgIpc) is 3.42. The van der Waals surface area contributed by atoms with E-state index in [0.717, 1.165) is 17.2 Å². The number of nitrogens with zero attached hydrogens (tertiary/aromatic N) is 3. The fourth-order valence-electron chi connectivity index (χ4n) is 4.04. The molecule has 1 unspecified atom stereocenters. The van der Waals surface area contributed by atoms with E-state index in [1.54, 1.807) is 26.8 Å². The molecule has 0 saturated carbocycles. The lowest BCUT2D eigenvalue weighted by atomic mass is 9.95. The molecule has 0 radical (unpaired) electrons. The molecule has 10 nitrogen and oxygen atoms in total. The van der Waals surface area contributed by atoms with Gasteiger partial charge in [0.05, 0.1) is 21.2 Å². The van der Waals surface area contributed by atoms with E-state index in [9.17, 15) is 23.0 Å². The summed E-state index contributed by atoms with van der Waals surface area (Å²) in [6.07, 6.45) is 0.833. The molecule has 1 aromatic heterocycles. The first kappa shape index (κ1) is 27.7. The molecule has 2 aromatic rings. The molecule has 38 heavy (non-hydrogen) atoms. The van der Waals surface area contributed by atoms with Gasteiger partial charge >= 0.3 is 6.09 Å². The average molecular weight is 564 g/mol. The van der Waals surface area contributed by atoms with Crippen LogP contribution in [0.25, 0.3) is 0 Å². The number of amides is 3. The van der Waals surface area contributed by atoms with Crippen molar-refractivity contribution in [1.29, 1.82) is 0 Å². The van der Waals surface area contributed by atoms with Crippen molar-refractivity contribution < 1.29 is 27.7 Å². The lowest BCUT2D eigenvalue weighted by Gasteiger charge is -2.23. The van der Waals surface area contributed by atoms with E-state index >= 15 is 0 Å². The van der Waals surface area contributed by atoms with Gasteiger partial charge in [-0.25, -0.2) is 18.5 Å². The highest BCUT2D eigenvalue weighted by Crippen LogP contribution is 2.29. The number of carbonyl (C=O) groups excluding carboxylic acids is 3. The Labute approximate surface area is 226 Å². The van der Waals surface area contributed by atoms with Gasteiger partial charge in [0.1, 0.15) is 29.1 Å². The summed E-state index contributed by atoms with van der Waals surface area (Å²) in [5.41, 5.74) is 1.70. The van der Waals surface area contributed by atoms with Crippen LogP contribution in [0.15, 0.2) is 46.5 Å². The van der Waals surface area contributed by atoms with E-state index in [-0.39, 0.29) is 49.2 Å². The fraction of sp³-hybridized carbons (Fsp3) is 0.360. The van der Waals surface area contributed by atoms with Crippen molar-refractivity contribution in [1.82, 2.24) is 14.8 Å². The molecule has 0 fully saturated rings. The number of benzene rings is 1. The van der Waals surface area contributed by atoms with Gasteiger partial charge in [0.25, 0.3) is 5.91 Å². The molecule has 3 N–H and O–H groups in total. The molecular formula is C25H27ClFN5O5S. The van der Waals surface area contributed by atoms with Crippen LogP contribution in [0.3, 0.4) is 0 Å². The highest BCUT2D eigenvalue weighted by molar-refractivity contribution is 7.82. The summed E-state index contributed by atoms with van der Waals surface area (Å²) in [5, 5.41) is 8.37. The highest BCUT2D eigenvalue weighted by Gasteiger charge is 2.35. The van der Waals surface area contributed by atoms with E-state index < -0.39 is 34.2 Å². The Hall–Kier alpha value is -3.35. The number of nitrogens with two attached hydrogens (primary N) is 1. The molecule has 1 aromatic carbocycles. The second-order valence-electron chi connectivity index (χ2n) is 10.1. The molecule has 4 rings (SSSR count). The van der Waals surface area contributed by atoms with Crippen molar-refractivity contribution in [3.63, 3.8) is 0 Å². The Morgan fingerprint density at radius 3 is 2.34 bits per heavy atom. The summed E-state index contributed by atoms with van der Waals surface area (Å²) in [6, 6.07) is 5.17. The molecule has 3 heterocycles. The maximum absolute atomic E-state index is 14.4. The SMILES string of the molecule is CC(C)(C)C(=O)Nc1cc(Cl)cnc1COC(=O)N1CC2=C(C1)CN(C(=O)c1ccc(S(N)=O)cc1F)C2. The number of halogens is 2. The smallest absolute Gasteiger partial charge is 0.410 e. The number of pyridine rings is 1. The minimum Gasteiger partial charge on any atom is -0.443 e. The summed E-state index contributed by atoms with van der Waals surface area (Å²) >= 11 is 6.04. The Morgan fingerprint density at radius 2 is 1.76 bits per heavy atom. The first-order chi connectivity index (χ1) is 17.8. The van der Waals surface area contributed by atoms with Crippen LogP contribution in [0.1, 0.15) is 36.8 Å². The van der Waals surface area contributed by atoms with Crippen molar-refractivity contribution >= 4 is 46.2 Å². The van der Waals surface area contributed by atoms with Gasteiger partial charge in [0.2, 0.25) is 5.91 Å². The second-order valence-corrected chi connectivity index (χ2v) is 11.6. The van der Waals surface area contributed by atoms with Gasteiger partial charge in [-0.15, -0.1) is 0 Å². The van der Waals surface area contributed by atoms with Crippen molar-refractivity contribution in [2.75, 3.05) is 31.5 Å². The zero-order valence-corrected chi connectivity index (χ0v) is 22.6. The summed E-state index contributed by atoms with van der Waals surface area (Å²) < 4.78 is 31.2. The molecule has 2 aliphatic rings. The van der Waals surface area contributed by atoms with Gasteiger partial charge in [-0.3, -0.25) is 14.6 Å². The number of hydrogen-bond acceptors (Lipinski definition) is 6. The van der Waals surface area contributed by atoms with Crippen LogP contribution in [-0.2, 0) is 27.1 Å². The van der Waals surface area contributed by atoms with Crippen LogP contribution >= 0.6 is 11.6 Å². The Kier molecular flexibility index (Phi) is 7.86. The van der Waals surface area contributed by atoms with E-state index in [1.165, 1.54) is 28.1 Å². The monoisotopic (exact) mass is 563 g/mol. The maximum Gasteiger partial charge on any atom is 0.410 e. The number of rotatable bonds is 5. The molecule has 3 amide bonds.